The molecule has 0 bridgehead atoms. The largest absolute Gasteiger partial charge is 0.507 e. The number of nitro groups is 1. The standard InChI is InChI=1S/C16H12BrN5O5S/c17-8-1-4-12(23)10(5-8)15-19-16(21-20-15)28-7-14(25)18-11-3-2-9(22(26)27)6-13(11)24/h1-6,23-24H,7H2,(H,18,25)(H,19,20,21). The second-order valence-electron chi connectivity index (χ2n) is 5.42. The van der Waals surface area contributed by atoms with E-state index in [2.05, 4.69) is 36.4 Å². The number of H-pyrrole nitrogens is 1. The number of nitro benzene ring substituents is 1. The second kappa shape index (κ2) is 8.27. The lowest BCUT2D eigenvalue weighted by Gasteiger charge is -2.06. The molecular formula is C16H12BrN5O5S. The summed E-state index contributed by atoms with van der Waals surface area (Å²) in [7, 11) is 0. The van der Waals surface area contributed by atoms with Crippen LogP contribution < -0.4 is 5.32 Å². The van der Waals surface area contributed by atoms with Gasteiger partial charge in [0, 0.05) is 10.5 Å². The number of phenols is 2. The number of anilines is 1. The predicted octanol–water partition coefficient (Wildman–Crippen LogP) is 3.28. The van der Waals surface area contributed by atoms with Crippen LogP contribution in [0.5, 0.6) is 11.5 Å². The van der Waals surface area contributed by atoms with Crippen molar-refractivity contribution >= 4 is 45.0 Å². The molecule has 0 atom stereocenters. The van der Waals surface area contributed by atoms with Crippen molar-refractivity contribution < 1.29 is 19.9 Å². The number of aromatic hydroxyl groups is 2. The number of halogens is 1. The van der Waals surface area contributed by atoms with Crippen LogP contribution in [0.1, 0.15) is 0 Å². The zero-order chi connectivity index (χ0) is 20.3. The maximum atomic E-state index is 12.0. The molecule has 4 N–H and O–H groups in total. The van der Waals surface area contributed by atoms with Crippen LogP contribution in [0.15, 0.2) is 46.0 Å². The molecule has 3 rings (SSSR count). The summed E-state index contributed by atoms with van der Waals surface area (Å²) in [5.41, 5.74) is 0.230. The van der Waals surface area contributed by atoms with Gasteiger partial charge in [0.1, 0.15) is 11.5 Å². The van der Waals surface area contributed by atoms with E-state index in [1.807, 2.05) is 0 Å². The fraction of sp³-hybridized carbons (Fsp3) is 0.0625. The first kappa shape index (κ1) is 19.6. The number of rotatable bonds is 6. The molecule has 1 aromatic heterocycles. The summed E-state index contributed by atoms with van der Waals surface area (Å²) in [5, 5.41) is 39.8. The lowest BCUT2D eigenvalue weighted by atomic mass is 10.2. The van der Waals surface area contributed by atoms with E-state index in [1.165, 1.54) is 18.2 Å². The highest BCUT2D eigenvalue weighted by molar-refractivity contribution is 9.10. The first-order valence-electron chi connectivity index (χ1n) is 7.65. The van der Waals surface area contributed by atoms with E-state index in [4.69, 9.17) is 0 Å². The van der Waals surface area contributed by atoms with Gasteiger partial charge in [-0.15, -0.1) is 5.10 Å². The molecule has 0 radical (unpaired) electrons. The Labute approximate surface area is 170 Å². The van der Waals surface area contributed by atoms with Crippen molar-refractivity contribution in [2.45, 2.75) is 5.16 Å². The summed E-state index contributed by atoms with van der Waals surface area (Å²) < 4.78 is 0.758. The monoisotopic (exact) mass is 465 g/mol. The van der Waals surface area contributed by atoms with Crippen LogP contribution in [0.2, 0.25) is 0 Å². The molecule has 0 spiro atoms. The third-order valence-electron chi connectivity index (χ3n) is 3.48. The van der Waals surface area contributed by atoms with Gasteiger partial charge >= 0.3 is 0 Å². The topological polar surface area (TPSA) is 154 Å². The third-order valence-corrected chi connectivity index (χ3v) is 4.82. The van der Waals surface area contributed by atoms with Crippen LogP contribution in [-0.2, 0) is 4.79 Å². The molecule has 0 saturated heterocycles. The third kappa shape index (κ3) is 4.58. The molecule has 1 amide bonds. The molecule has 2 aromatic carbocycles. The van der Waals surface area contributed by atoms with Crippen molar-refractivity contribution in [3.8, 4) is 22.9 Å². The summed E-state index contributed by atoms with van der Waals surface area (Å²) in [6, 6.07) is 8.25. The van der Waals surface area contributed by atoms with Crippen molar-refractivity contribution in [1.29, 1.82) is 0 Å². The van der Waals surface area contributed by atoms with Crippen LogP contribution in [0.25, 0.3) is 11.4 Å². The second-order valence-corrected chi connectivity index (χ2v) is 7.28. The highest BCUT2D eigenvalue weighted by Gasteiger charge is 2.14. The van der Waals surface area contributed by atoms with E-state index in [1.54, 1.807) is 12.1 Å². The zero-order valence-electron chi connectivity index (χ0n) is 13.9. The quantitative estimate of drug-likeness (QED) is 0.187. The van der Waals surface area contributed by atoms with Crippen molar-refractivity contribution in [3.05, 3.63) is 51.0 Å². The Balaban J connectivity index is 1.62. The molecule has 0 saturated carbocycles. The van der Waals surface area contributed by atoms with Gasteiger partial charge in [-0.2, -0.15) is 0 Å². The van der Waals surface area contributed by atoms with Gasteiger partial charge in [-0.25, -0.2) is 4.98 Å². The number of hydrogen-bond acceptors (Lipinski definition) is 8. The molecule has 0 unspecified atom stereocenters. The van der Waals surface area contributed by atoms with Gasteiger partial charge in [-0.3, -0.25) is 20.0 Å². The summed E-state index contributed by atoms with van der Waals surface area (Å²) in [4.78, 5) is 26.3. The molecule has 0 fully saturated rings. The number of aromatic amines is 1. The minimum absolute atomic E-state index is 0.0299. The summed E-state index contributed by atoms with van der Waals surface area (Å²) in [6.07, 6.45) is 0. The van der Waals surface area contributed by atoms with Gasteiger partial charge in [0.05, 0.1) is 28.0 Å². The van der Waals surface area contributed by atoms with E-state index in [0.717, 1.165) is 22.3 Å². The number of carbonyl (C=O) groups is 1. The zero-order valence-corrected chi connectivity index (χ0v) is 16.3. The Bertz CT molecular complexity index is 1060. The van der Waals surface area contributed by atoms with Crippen LogP contribution >= 0.6 is 27.7 Å². The predicted molar refractivity (Wildman–Crippen MR) is 105 cm³/mol. The number of amides is 1. The smallest absolute Gasteiger partial charge is 0.273 e. The lowest BCUT2D eigenvalue weighted by Crippen LogP contribution is -2.14. The summed E-state index contributed by atoms with van der Waals surface area (Å²) in [6.45, 7) is 0. The number of non-ortho nitro benzene ring substituents is 1. The number of carbonyl (C=O) groups excluding carboxylic acids is 1. The van der Waals surface area contributed by atoms with Crippen molar-refractivity contribution in [1.82, 2.24) is 15.2 Å². The highest BCUT2D eigenvalue weighted by Crippen LogP contribution is 2.31. The highest BCUT2D eigenvalue weighted by atomic mass is 79.9. The van der Waals surface area contributed by atoms with E-state index in [-0.39, 0.29) is 28.0 Å². The number of hydrogen-bond donors (Lipinski definition) is 4. The normalized spacial score (nSPS) is 10.6. The van der Waals surface area contributed by atoms with Crippen molar-refractivity contribution in [2.75, 3.05) is 11.1 Å². The minimum atomic E-state index is -0.648. The number of phenolic OH excluding ortho intramolecular Hbond substituents is 2. The average molecular weight is 466 g/mol. The van der Waals surface area contributed by atoms with E-state index in [9.17, 15) is 25.1 Å². The molecule has 0 aliphatic heterocycles. The Hall–Kier alpha value is -3.12. The van der Waals surface area contributed by atoms with E-state index in [0.29, 0.717) is 11.4 Å². The fourth-order valence-corrected chi connectivity index (χ4v) is 3.14. The van der Waals surface area contributed by atoms with Gasteiger partial charge in [-0.05, 0) is 24.3 Å². The minimum Gasteiger partial charge on any atom is -0.507 e. The molecule has 3 aromatic rings. The van der Waals surface area contributed by atoms with Crippen LogP contribution in [0, 0.1) is 10.1 Å². The first-order chi connectivity index (χ1) is 13.3. The van der Waals surface area contributed by atoms with Crippen molar-refractivity contribution in [2.24, 2.45) is 0 Å². The van der Waals surface area contributed by atoms with Gasteiger partial charge in [0.2, 0.25) is 11.1 Å². The van der Waals surface area contributed by atoms with Crippen LogP contribution in [0.3, 0.4) is 0 Å². The Morgan fingerprint density at radius 1 is 1.25 bits per heavy atom. The van der Waals surface area contributed by atoms with Crippen LogP contribution in [-0.4, -0.2) is 42.0 Å². The number of nitrogens with zero attached hydrogens (tertiary/aromatic N) is 3. The SMILES string of the molecule is O=C(CSc1n[nH]c(-c2cc(Br)ccc2O)n1)Nc1ccc([N+](=O)[O-])cc1O. The maximum Gasteiger partial charge on any atom is 0.273 e. The van der Waals surface area contributed by atoms with Gasteiger partial charge in [0.25, 0.3) is 5.69 Å². The van der Waals surface area contributed by atoms with E-state index < -0.39 is 16.6 Å². The molecule has 0 aliphatic carbocycles. The summed E-state index contributed by atoms with van der Waals surface area (Å²) in [5.74, 6) is -0.543. The molecule has 0 aliphatic rings. The van der Waals surface area contributed by atoms with Gasteiger partial charge < -0.3 is 15.5 Å². The Morgan fingerprint density at radius 2 is 2.04 bits per heavy atom. The number of thioether (sulfide) groups is 1. The average Bonchev–Trinajstić information content (AvgIpc) is 3.12. The summed E-state index contributed by atoms with van der Waals surface area (Å²) >= 11 is 4.35. The number of nitrogens with one attached hydrogen (secondary N) is 2. The molecule has 144 valence electrons. The fourth-order valence-electron chi connectivity index (χ4n) is 2.19. The number of aromatic nitrogens is 3. The molecule has 12 heteroatoms. The Morgan fingerprint density at radius 3 is 2.75 bits per heavy atom. The Kier molecular flexibility index (Phi) is 5.80. The molecule has 1 heterocycles. The molecule has 10 nitrogen and oxygen atoms in total. The lowest BCUT2D eigenvalue weighted by molar-refractivity contribution is -0.384. The van der Waals surface area contributed by atoms with Gasteiger partial charge in [0.15, 0.2) is 5.82 Å². The van der Waals surface area contributed by atoms with Crippen LogP contribution in [0.4, 0.5) is 11.4 Å². The molecule has 28 heavy (non-hydrogen) atoms. The number of benzene rings is 2. The first-order valence-corrected chi connectivity index (χ1v) is 9.42. The van der Waals surface area contributed by atoms with Crippen molar-refractivity contribution in [3.63, 3.8) is 0 Å². The van der Waals surface area contributed by atoms with Gasteiger partial charge in [-0.1, -0.05) is 27.7 Å². The molecular weight excluding hydrogens is 454 g/mol. The van der Waals surface area contributed by atoms with E-state index >= 15 is 0 Å². The maximum absolute atomic E-state index is 12.0.